The highest BCUT2D eigenvalue weighted by molar-refractivity contribution is 7.87. The van der Waals surface area contributed by atoms with Crippen molar-refractivity contribution in [3.63, 3.8) is 0 Å². The molecule has 3 aliphatic heterocycles. The van der Waals surface area contributed by atoms with E-state index in [1.54, 1.807) is 53.2 Å². The molecule has 116 heavy (non-hydrogen) atoms. The minimum absolute atomic E-state index is 0.0290. The number of carbonyl (C=O) groups is 3. The number of ether oxygens (including phenoxy) is 6. The van der Waals surface area contributed by atoms with Crippen LogP contribution in [0.5, 0.6) is 0 Å². The molecule has 0 bridgehead atoms. The number of imidazole rings is 1. The van der Waals surface area contributed by atoms with Gasteiger partial charge in [0.05, 0.1) is 107 Å². The Labute approximate surface area is 685 Å². The zero-order valence-electron chi connectivity index (χ0n) is 69.7. The van der Waals surface area contributed by atoms with Crippen molar-refractivity contribution in [2.24, 2.45) is 12.8 Å². The number of likely N-dealkylation sites (tertiary alicyclic amines) is 3. The highest BCUT2D eigenvalue weighted by atomic mass is 32.3. The Morgan fingerprint density at radius 2 is 0.957 bits per heavy atom. The number of nitrogens with one attached hydrogen (secondary N) is 2. The van der Waals surface area contributed by atoms with E-state index < -0.39 is 61.8 Å². The lowest BCUT2D eigenvalue weighted by molar-refractivity contribution is -0.676. The van der Waals surface area contributed by atoms with Crippen molar-refractivity contribution in [1.29, 1.82) is 10.5 Å². The molecule has 10 rings (SSSR count). The van der Waals surface area contributed by atoms with Crippen LogP contribution in [0.3, 0.4) is 0 Å². The van der Waals surface area contributed by atoms with Crippen LogP contribution >= 0.6 is 0 Å². The number of alkyl halides is 1. The Morgan fingerprint density at radius 3 is 1.24 bits per heavy atom. The summed E-state index contributed by atoms with van der Waals surface area (Å²) < 4.78 is 178. The number of halogens is 5. The van der Waals surface area contributed by atoms with Crippen molar-refractivity contribution >= 4 is 49.0 Å². The molecule has 654 valence electrons. The zero-order chi connectivity index (χ0) is 86.6. The first-order valence-corrected chi connectivity index (χ1v) is 44.3. The van der Waals surface area contributed by atoms with E-state index in [2.05, 4.69) is 35.7 Å². The predicted molar refractivity (Wildman–Crippen MR) is 429 cm³/mol. The standard InChI is InChI=1S/C23H33FN4O5S.C21H30F2N2O3.C20H29FN2O3.C6H15N.C5H8FN2O2S.C4H7N.CH4O3S/c1-16-13-21(26-34(30,31)27(2)12-11-25)22(28(16)23(29)32-3)15-33-20-9-7-17(8-10-20)18-5-4-6-19(24)14-18;1-14-10-19(24-13-22)20(25(14)21(26)27-2)12-28-18-8-6-15(7-9-18)16-4-3-5-17(23)11-16;1-13-10-18(22)19(23(13)20(24)25-2)12-26-17-8-6-14(7-9-17)15-4-3-5-16(21)11-15;1-4-7(5-2)6-3;1-5-7(2)3-4-8(5)11(6,9)10;1-2-3-4-5;1-5(2,3)4/h4-6,14,16-17,20-22,26H,7-10,12-13,15H2,1-3H3;3-5,11,14-15,18-20,24H,6-10,12-13H2,1-2H3;3-5,11,13-14,17-19H,6-10,12,22H2,1-2H3;4-6H2,1-3H3;3-4H,1-2H3;2-3H2,1H3;1H3,(H,2,3,4)/q;;;;+1;;/p-1/t16-,17?,20?,21+,22+;14-,15?,18?,19+,20+;13-,14?,17?,18+,19+;;;;/m111..../s1. The molecule has 3 aromatic carbocycles. The summed E-state index contributed by atoms with van der Waals surface area (Å²) in [7, 11) is -5.44. The van der Waals surface area contributed by atoms with Crippen molar-refractivity contribution in [2.75, 3.05) is 87.4 Å². The van der Waals surface area contributed by atoms with Crippen molar-refractivity contribution < 1.29 is 98.6 Å². The van der Waals surface area contributed by atoms with E-state index in [0.717, 1.165) is 117 Å². The molecule has 6 fully saturated rings. The average Bonchev–Trinajstić information content (AvgIpc) is 1.65. The summed E-state index contributed by atoms with van der Waals surface area (Å²) >= 11 is 0. The van der Waals surface area contributed by atoms with Crippen LogP contribution in [-0.4, -0.2) is 236 Å². The lowest BCUT2D eigenvalue weighted by atomic mass is 9.82. The maximum Gasteiger partial charge on any atom is 0.480 e. The summed E-state index contributed by atoms with van der Waals surface area (Å²) in [4.78, 5) is 43.9. The maximum atomic E-state index is 13.6. The number of aromatic nitrogens is 2. The van der Waals surface area contributed by atoms with Crippen LogP contribution in [0.25, 0.3) is 0 Å². The summed E-state index contributed by atoms with van der Waals surface area (Å²) in [5, 5.41) is 19.5. The Hall–Kier alpha value is -7.20. The number of benzene rings is 3. The molecule has 36 heteroatoms. The molecule has 9 atom stereocenters. The Kier molecular flexibility index (Phi) is 44.2. The van der Waals surface area contributed by atoms with Crippen LogP contribution in [0.2, 0.25) is 0 Å². The fourth-order valence-corrected chi connectivity index (χ4v) is 17.2. The molecule has 6 aliphatic rings. The molecule has 4 N–H and O–H groups in total. The molecule has 1 aromatic heterocycles. The third-order valence-corrected chi connectivity index (χ3v) is 24.3. The van der Waals surface area contributed by atoms with Gasteiger partial charge in [-0.3, -0.25) is 20.0 Å². The van der Waals surface area contributed by atoms with Gasteiger partial charge >= 0.3 is 28.7 Å². The van der Waals surface area contributed by atoms with Gasteiger partial charge in [0.15, 0.2) is 0 Å². The van der Waals surface area contributed by atoms with Crippen molar-refractivity contribution in [3.8, 4) is 12.1 Å². The molecule has 4 aromatic rings. The number of nitriles is 2. The molecule has 28 nitrogen and oxygen atoms in total. The average molecular weight is 1700 g/mol. The van der Waals surface area contributed by atoms with Gasteiger partial charge in [-0.2, -0.15) is 36.4 Å². The summed E-state index contributed by atoms with van der Waals surface area (Å²) in [6.07, 6.45) is 16.5. The highest BCUT2D eigenvalue weighted by Crippen LogP contribution is 2.39. The fraction of sp³-hybridized carbons (Fsp3) is 0.675. The molecule has 3 aliphatic carbocycles. The monoisotopic (exact) mass is 1700 g/mol. The minimum Gasteiger partial charge on any atom is -0.748 e. The first-order valence-electron chi connectivity index (χ1n) is 39.7. The van der Waals surface area contributed by atoms with Gasteiger partial charge in [-0.1, -0.05) is 72.0 Å². The highest BCUT2D eigenvalue weighted by Gasteiger charge is 2.47. The maximum absolute atomic E-state index is 13.6. The summed E-state index contributed by atoms with van der Waals surface area (Å²) in [5.41, 5.74) is 9.34. The number of hydrogen-bond acceptors (Lipinski definition) is 21. The van der Waals surface area contributed by atoms with Gasteiger partial charge in [0.25, 0.3) is 16.0 Å². The van der Waals surface area contributed by atoms with Gasteiger partial charge in [-0.15, -0.1) is 0 Å². The van der Waals surface area contributed by atoms with Gasteiger partial charge in [0.2, 0.25) is 0 Å². The van der Waals surface area contributed by atoms with Crippen LogP contribution in [-0.2, 0) is 66.2 Å². The second-order valence-electron chi connectivity index (χ2n) is 29.9. The number of amides is 3. The molecule has 3 saturated heterocycles. The van der Waals surface area contributed by atoms with Crippen molar-refractivity contribution in [1.82, 2.24) is 37.9 Å². The third-order valence-electron chi connectivity index (χ3n) is 21.9. The number of methoxy groups -OCH3 is 3. The van der Waals surface area contributed by atoms with E-state index in [4.69, 9.17) is 57.6 Å². The number of rotatable bonds is 23. The Balaban J connectivity index is 0.000000315. The lowest BCUT2D eigenvalue weighted by Gasteiger charge is -2.33. The fourth-order valence-electron chi connectivity index (χ4n) is 15.5. The van der Waals surface area contributed by atoms with Gasteiger partial charge in [-0.25, -0.2) is 44.9 Å². The predicted octanol–water partition coefficient (Wildman–Crippen LogP) is 11.7. The molecule has 0 spiro atoms. The molecule has 0 unspecified atom stereocenters. The number of unbranched alkanes of at least 4 members (excludes halogenated alkanes) is 1. The number of aryl methyl sites for hydroxylation is 1. The molecule has 3 saturated carbocycles. The Morgan fingerprint density at radius 1 is 0.603 bits per heavy atom. The van der Waals surface area contributed by atoms with Crippen LogP contribution < -0.4 is 20.3 Å². The van der Waals surface area contributed by atoms with E-state index in [0.29, 0.717) is 60.4 Å². The third kappa shape index (κ3) is 33.2. The largest absolute Gasteiger partial charge is 0.748 e. The van der Waals surface area contributed by atoms with Crippen molar-refractivity contribution in [2.45, 2.75) is 255 Å². The normalized spacial score (nSPS) is 25.1. The molecular formula is C80H125F5N12O16S3. The SMILES string of the molecule is CCCC#N.CCN(CC)CC.COC(=O)N1[C@H](C)C[C@H](N)[C@@H]1COC1CCC(c2cccc(F)c2)CC1.COC(=O)N1[C@H](C)C[C@H](NCF)[C@@H]1COC1CCC(c2cccc(F)c2)CC1.COC(=O)N1[C@H](C)C[C@H](NS(=O)(=O)N(C)CC#N)[C@@H]1COC1CCC(c2cccc(F)c2)CC1.CS(=O)(=O)[O-].Cc1n(S(=O)(=O)F)cc[n+]1C. The molecule has 0 radical (unpaired) electrons. The first kappa shape index (κ1) is 101. The summed E-state index contributed by atoms with van der Waals surface area (Å²) in [5.74, 6) is 0.758. The van der Waals surface area contributed by atoms with Gasteiger partial charge in [0, 0.05) is 62.9 Å². The molecule has 3 amide bonds. The molecule has 4 heterocycles. The van der Waals surface area contributed by atoms with E-state index in [9.17, 15) is 52.7 Å². The first-order chi connectivity index (χ1) is 54.9. The van der Waals surface area contributed by atoms with Crippen molar-refractivity contribution in [3.05, 3.63) is 125 Å². The smallest absolute Gasteiger partial charge is 0.480 e. The van der Waals surface area contributed by atoms with Gasteiger partial charge in [-0.05, 0) is 214 Å². The minimum atomic E-state index is -4.62. The lowest BCUT2D eigenvalue weighted by Crippen LogP contribution is -2.52. The second-order valence-corrected chi connectivity index (χ2v) is 34.3. The van der Waals surface area contributed by atoms with Crippen LogP contribution in [0.1, 0.15) is 198 Å². The molecular weight excluding hydrogens is 1580 g/mol. The quantitative estimate of drug-likeness (QED) is 0.0118. The summed E-state index contributed by atoms with van der Waals surface area (Å²) in [6.45, 7) is 19.4. The van der Waals surface area contributed by atoms with E-state index in [1.807, 2.05) is 58.0 Å². The topological polar surface area (TPSA) is 355 Å². The summed E-state index contributed by atoms with van der Waals surface area (Å²) in [6, 6.07) is 22.3. The van der Waals surface area contributed by atoms with Crippen LogP contribution in [0.4, 0.5) is 35.8 Å². The van der Waals surface area contributed by atoms with Gasteiger partial charge in [0.1, 0.15) is 43.2 Å². The number of hydrogen-bond donors (Lipinski definition) is 3. The van der Waals surface area contributed by atoms with Gasteiger partial charge < -0.3 is 43.6 Å². The number of carbonyl (C=O) groups excluding carboxylic acids is 3. The van der Waals surface area contributed by atoms with E-state index in [1.165, 1.54) is 88.8 Å². The van der Waals surface area contributed by atoms with Crippen LogP contribution in [0.15, 0.2) is 85.2 Å². The second kappa shape index (κ2) is 50.7. The van der Waals surface area contributed by atoms with E-state index in [-0.39, 0.29) is 103 Å². The van der Waals surface area contributed by atoms with Crippen LogP contribution in [0, 0.1) is 47.0 Å². The zero-order valence-corrected chi connectivity index (χ0v) is 72.1. The van der Waals surface area contributed by atoms with E-state index >= 15 is 0 Å². The number of nitrogens with two attached hydrogens (primary N) is 1. The Bertz CT molecular complexity index is 4040. The number of nitrogens with zero attached hydrogens (tertiary/aromatic N) is 9.